The third-order valence-electron chi connectivity index (χ3n) is 0.547. The molecule has 0 atom stereocenters. The van der Waals surface area contributed by atoms with Gasteiger partial charge in [0.2, 0.25) is 8.53 Å². The van der Waals surface area contributed by atoms with Gasteiger partial charge in [-0.15, -0.1) is 0 Å². The van der Waals surface area contributed by atoms with Crippen LogP contribution in [0.4, 0.5) is 0 Å². The normalized spacial score (nSPS) is 9.60. The minimum atomic E-state index is -2.12. The van der Waals surface area contributed by atoms with Gasteiger partial charge in [-0.1, -0.05) is 13.3 Å². The highest BCUT2D eigenvalue weighted by Gasteiger charge is 1.89. The molecule has 0 aromatic carbocycles. The molecule has 0 aliphatic heterocycles. The molecule has 0 aliphatic carbocycles. The van der Waals surface area contributed by atoms with E-state index in [1.165, 1.54) is 0 Å². The zero-order chi connectivity index (χ0) is 8.57. The number of aliphatic hydroxyl groups is 2. The molecule has 0 saturated carbocycles. The maximum atomic E-state index is 8.11. The summed E-state index contributed by atoms with van der Waals surface area (Å²) in [4.78, 5) is 14.9. The number of nitrogens with two attached hydrogens (primary N) is 1. The largest absolute Gasteiger partial charge is 0.368 e. The molecule has 5 nitrogen and oxygen atoms in total. The summed E-state index contributed by atoms with van der Waals surface area (Å²) in [7, 11) is -2.12. The Balaban J connectivity index is 0. The molecular formula is C4H14NO4P. The number of hydrogen-bond donors (Lipinski definition) is 5. The lowest BCUT2D eigenvalue weighted by molar-refractivity contribution is -0.0453. The fourth-order valence-corrected chi connectivity index (χ4v) is 0.258. The molecule has 0 aliphatic rings. The molecule has 0 aromatic heterocycles. The van der Waals surface area contributed by atoms with E-state index >= 15 is 0 Å². The fraction of sp³-hybridized carbons (Fsp3) is 1.00. The quantitative estimate of drug-likeness (QED) is 0.277. The van der Waals surface area contributed by atoms with E-state index in [1.54, 1.807) is 0 Å². The van der Waals surface area contributed by atoms with Gasteiger partial charge in [0, 0.05) is 0 Å². The van der Waals surface area contributed by atoms with Crippen LogP contribution in [0.2, 0.25) is 0 Å². The van der Waals surface area contributed by atoms with Gasteiger partial charge in [-0.2, -0.15) is 0 Å². The molecule has 0 heterocycles. The lowest BCUT2D eigenvalue weighted by atomic mass is 10.3. The fourth-order valence-electron chi connectivity index (χ4n) is 0.258. The van der Waals surface area contributed by atoms with E-state index in [-0.39, 0.29) is 0 Å². The molecule has 0 amide bonds. The highest BCUT2D eigenvalue weighted by Crippen LogP contribution is 2.05. The average molecular weight is 171 g/mol. The average Bonchev–Trinajstić information content (AvgIpc) is 1.62. The van der Waals surface area contributed by atoms with Crippen molar-refractivity contribution in [3.05, 3.63) is 0 Å². The van der Waals surface area contributed by atoms with Crippen molar-refractivity contribution >= 4 is 8.53 Å². The van der Waals surface area contributed by atoms with E-state index in [4.69, 9.17) is 20.0 Å². The molecule has 0 aromatic rings. The predicted octanol–water partition coefficient (Wildman–Crippen LogP) is -0.746. The van der Waals surface area contributed by atoms with E-state index in [0.29, 0.717) is 6.42 Å². The van der Waals surface area contributed by atoms with E-state index in [2.05, 4.69) is 5.50 Å². The minimum absolute atomic E-state index is 0.486. The van der Waals surface area contributed by atoms with Crippen molar-refractivity contribution in [3.8, 4) is 0 Å². The van der Waals surface area contributed by atoms with Crippen molar-refractivity contribution in [2.45, 2.75) is 26.1 Å². The molecule has 10 heavy (non-hydrogen) atoms. The van der Waals surface area contributed by atoms with E-state index < -0.39 is 14.8 Å². The molecule has 0 unspecified atom stereocenters. The van der Waals surface area contributed by atoms with Crippen LogP contribution in [0, 0.1) is 0 Å². The van der Waals surface area contributed by atoms with Crippen LogP contribution in [0.3, 0.4) is 0 Å². The minimum Gasteiger partial charge on any atom is -0.368 e. The summed E-state index contributed by atoms with van der Waals surface area (Å²) in [5.74, 6) is 0. The number of aliphatic hydroxyl groups excluding tert-OH is 1. The predicted molar refractivity (Wildman–Crippen MR) is 38.7 cm³/mol. The standard InChI is InChI=1S/C4H10O2.H4NO2P/c1-2-3-4(5)6;1-4(2)3/h4-6H,2-3H2,1H3;2-3H,1H2. The summed E-state index contributed by atoms with van der Waals surface area (Å²) >= 11 is 0. The molecular weight excluding hydrogens is 157 g/mol. The van der Waals surface area contributed by atoms with Crippen LogP contribution in [0.15, 0.2) is 0 Å². The first-order chi connectivity index (χ1) is 4.50. The van der Waals surface area contributed by atoms with Gasteiger partial charge in [-0.25, -0.2) is 0 Å². The Labute approximate surface area is 61.1 Å². The molecule has 64 valence electrons. The Hall–Kier alpha value is 0.230. The van der Waals surface area contributed by atoms with Gasteiger partial charge in [0.05, 0.1) is 0 Å². The Kier molecular flexibility index (Phi) is 11.9. The van der Waals surface area contributed by atoms with E-state index in [9.17, 15) is 0 Å². The van der Waals surface area contributed by atoms with Crippen LogP contribution in [-0.4, -0.2) is 26.3 Å². The van der Waals surface area contributed by atoms with Crippen LogP contribution < -0.4 is 5.50 Å². The van der Waals surface area contributed by atoms with Crippen LogP contribution >= 0.6 is 8.53 Å². The summed E-state index contributed by atoms with van der Waals surface area (Å²) in [5.41, 5.74) is 4.29. The highest BCUT2D eigenvalue weighted by atomic mass is 31.2. The smallest absolute Gasteiger partial charge is 0.247 e. The topological polar surface area (TPSA) is 107 Å². The third-order valence-corrected chi connectivity index (χ3v) is 0.547. The maximum absolute atomic E-state index is 8.11. The van der Waals surface area contributed by atoms with Crippen LogP contribution in [0.25, 0.3) is 0 Å². The Morgan fingerprint density at radius 2 is 1.70 bits per heavy atom. The lowest BCUT2D eigenvalue weighted by Gasteiger charge is -1.94. The van der Waals surface area contributed by atoms with Gasteiger partial charge in [0.25, 0.3) is 0 Å². The Morgan fingerprint density at radius 3 is 1.70 bits per heavy atom. The van der Waals surface area contributed by atoms with Crippen LogP contribution in [0.1, 0.15) is 19.8 Å². The molecule has 0 radical (unpaired) electrons. The molecule has 6 heteroatoms. The highest BCUT2D eigenvalue weighted by molar-refractivity contribution is 7.42. The summed E-state index contributed by atoms with van der Waals surface area (Å²) in [6.45, 7) is 1.90. The summed E-state index contributed by atoms with van der Waals surface area (Å²) < 4.78 is 0. The van der Waals surface area contributed by atoms with Gasteiger partial charge >= 0.3 is 0 Å². The van der Waals surface area contributed by atoms with Gasteiger partial charge in [-0.05, 0) is 6.42 Å². The second-order valence-electron chi connectivity index (χ2n) is 1.59. The third kappa shape index (κ3) is 41.2. The second-order valence-corrected chi connectivity index (χ2v) is 2.23. The van der Waals surface area contributed by atoms with Crippen molar-refractivity contribution in [3.63, 3.8) is 0 Å². The van der Waals surface area contributed by atoms with Crippen molar-refractivity contribution < 1.29 is 20.0 Å². The molecule has 0 spiro atoms. The molecule has 0 bridgehead atoms. The van der Waals surface area contributed by atoms with Crippen molar-refractivity contribution in [1.29, 1.82) is 0 Å². The SMILES string of the molecule is CCCC(O)O.NP(O)O. The maximum Gasteiger partial charge on any atom is 0.247 e. The van der Waals surface area contributed by atoms with E-state index in [0.717, 1.165) is 6.42 Å². The lowest BCUT2D eigenvalue weighted by Crippen LogP contribution is -2.01. The zero-order valence-corrected chi connectivity index (χ0v) is 6.70. The number of rotatable bonds is 2. The second kappa shape index (κ2) is 9.23. The molecule has 0 saturated heterocycles. The summed E-state index contributed by atoms with van der Waals surface area (Å²) in [5, 5.41) is 16.2. The molecule has 0 fully saturated rings. The first-order valence-corrected chi connectivity index (χ1v) is 4.11. The Morgan fingerprint density at radius 1 is 1.40 bits per heavy atom. The van der Waals surface area contributed by atoms with Gasteiger partial charge in [0.1, 0.15) is 0 Å². The monoisotopic (exact) mass is 171 g/mol. The molecule has 6 N–H and O–H groups in total. The zero-order valence-electron chi connectivity index (χ0n) is 5.80. The number of hydrogen-bond acceptors (Lipinski definition) is 5. The van der Waals surface area contributed by atoms with Gasteiger partial charge in [0.15, 0.2) is 6.29 Å². The van der Waals surface area contributed by atoms with Gasteiger partial charge < -0.3 is 20.0 Å². The summed E-state index contributed by atoms with van der Waals surface area (Å²) in [6, 6.07) is 0. The van der Waals surface area contributed by atoms with Crippen molar-refractivity contribution in [2.24, 2.45) is 5.50 Å². The van der Waals surface area contributed by atoms with Crippen molar-refractivity contribution in [2.75, 3.05) is 0 Å². The molecule has 0 rings (SSSR count). The Bertz CT molecular complexity index is 58.5. The van der Waals surface area contributed by atoms with Crippen LogP contribution in [0.5, 0.6) is 0 Å². The van der Waals surface area contributed by atoms with Crippen molar-refractivity contribution in [1.82, 2.24) is 0 Å². The van der Waals surface area contributed by atoms with E-state index in [1.807, 2.05) is 6.92 Å². The first kappa shape index (κ1) is 12.9. The van der Waals surface area contributed by atoms with Gasteiger partial charge in [-0.3, -0.25) is 5.50 Å². The first-order valence-electron chi connectivity index (χ1n) is 2.79. The van der Waals surface area contributed by atoms with Crippen LogP contribution in [-0.2, 0) is 0 Å². The summed E-state index contributed by atoms with van der Waals surface area (Å²) in [6.07, 6.45) is 0.215.